The highest BCUT2D eigenvalue weighted by molar-refractivity contribution is 5.50. The highest BCUT2D eigenvalue weighted by Crippen LogP contribution is 2.28. The lowest BCUT2D eigenvalue weighted by atomic mass is 9.94. The zero-order valence-electron chi connectivity index (χ0n) is 14.8. The van der Waals surface area contributed by atoms with Crippen molar-refractivity contribution in [2.45, 2.75) is 32.2 Å². The van der Waals surface area contributed by atoms with E-state index in [1.807, 2.05) is 19.2 Å². The molecule has 1 fully saturated rings. The lowest BCUT2D eigenvalue weighted by molar-refractivity contribution is 0.196. The van der Waals surface area contributed by atoms with Gasteiger partial charge >= 0.3 is 0 Å². The Morgan fingerprint density at radius 2 is 2.15 bits per heavy atom. The quantitative estimate of drug-likeness (QED) is 0.729. The van der Waals surface area contributed by atoms with E-state index in [0.29, 0.717) is 11.7 Å². The third-order valence-electron chi connectivity index (χ3n) is 4.55. The lowest BCUT2D eigenvalue weighted by Crippen LogP contribution is -2.34. The van der Waals surface area contributed by atoms with Gasteiger partial charge in [-0.15, -0.1) is 0 Å². The van der Waals surface area contributed by atoms with E-state index >= 15 is 0 Å². The van der Waals surface area contributed by atoms with E-state index in [1.54, 1.807) is 24.9 Å². The molecule has 26 heavy (non-hydrogen) atoms. The Balaban J connectivity index is 1.49. The third-order valence-corrected chi connectivity index (χ3v) is 4.55. The van der Waals surface area contributed by atoms with Crippen molar-refractivity contribution in [2.24, 2.45) is 0 Å². The first-order valence-corrected chi connectivity index (χ1v) is 8.84. The summed E-state index contributed by atoms with van der Waals surface area (Å²) >= 11 is 0. The summed E-state index contributed by atoms with van der Waals surface area (Å²) < 4.78 is 0. The van der Waals surface area contributed by atoms with Gasteiger partial charge in [0.05, 0.1) is 18.2 Å². The van der Waals surface area contributed by atoms with Gasteiger partial charge in [0.2, 0.25) is 0 Å². The molecule has 134 valence electrons. The van der Waals surface area contributed by atoms with Crippen LogP contribution in [0.2, 0.25) is 0 Å². The molecule has 8 heteroatoms. The molecule has 1 atom stereocenters. The number of hydrogen-bond acceptors (Lipinski definition) is 7. The maximum Gasteiger partial charge on any atom is 0.150 e. The van der Waals surface area contributed by atoms with Crippen LogP contribution in [-0.2, 0) is 6.54 Å². The molecule has 3 aromatic rings. The Labute approximate surface area is 152 Å². The van der Waals surface area contributed by atoms with Crippen LogP contribution in [0.3, 0.4) is 0 Å². The summed E-state index contributed by atoms with van der Waals surface area (Å²) in [5, 5.41) is 3.22. The van der Waals surface area contributed by atoms with Crippen LogP contribution in [-0.4, -0.2) is 47.9 Å². The zero-order chi connectivity index (χ0) is 17.8. The zero-order valence-corrected chi connectivity index (χ0v) is 14.8. The summed E-state index contributed by atoms with van der Waals surface area (Å²) in [4.78, 5) is 27.3. The van der Waals surface area contributed by atoms with E-state index in [2.05, 4.69) is 35.1 Å². The van der Waals surface area contributed by atoms with Crippen molar-refractivity contribution in [3.8, 4) is 0 Å². The monoisotopic (exact) mass is 350 g/mol. The van der Waals surface area contributed by atoms with E-state index in [1.165, 1.54) is 0 Å². The number of imidazole rings is 1. The molecule has 0 bridgehead atoms. The van der Waals surface area contributed by atoms with E-state index in [9.17, 15) is 0 Å². The highest BCUT2D eigenvalue weighted by Gasteiger charge is 2.23. The predicted octanol–water partition coefficient (Wildman–Crippen LogP) is 2.42. The Hall–Kier alpha value is -2.87. The van der Waals surface area contributed by atoms with E-state index in [-0.39, 0.29) is 0 Å². The summed E-state index contributed by atoms with van der Waals surface area (Å²) in [6, 6.07) is 2.03. The number of H-pyrrole nitrogens is 1. The molecule has 1 saturated heterocycles. The van der Waals surface area contributed by atoms with Crippen molar-refractivity contribution in [3.63, 3.8) is 0 Å². The molecule has 1 aliphatic heterocycles. The standard InChI is InChI=1S/C18H22N8/c1-13-23-16(7-17(24-13)25-18-9-19-4-5-21-18)14-3-2-6-26(10-14)11-15-8-20-12-22-15/h4-5,7-9,12,14H,2-3,6,10-11H2,1H3,(H,20,22)(H,21,23,24,25). The van der Waals surface area contributed by atoms with E-state index in [0.717, 1.165) is 55.5 Å². The fraction of sp³-hybridized carbons (Fsp3) is 0.389. The van der Waals surface area contributed by atoms with Gasteiger partial charge in [-0.25, -0.2) is 19.9 Å². The third kappa shape index (κ3) is 4.02. The summed E-state index contributed by atoms with van der Waals surface area (Å²) in [6.45, 7) is 4.91. The highest BCUT2D eigenvalue weighted by atomic mass is 15.1. The van der Waals surface area contributed by atoms with Gasteiger partial charge in [-0.3, -0.25) is 9.88 Å². The summed E-state index contributed by atoms with van der Waals surface area (Å²) in [5.41, 5.74) is 2.23. The topological polar surface area (TPSA) is 95.5 Å². The fourth-order valence-corrected chi connectivity index (χ4v) is 3.41. The number of hydrogen-bond donors (Lipinski definition) is 2. The minimum atomic E-state index is 0.399. The second-order valence-electron chi connectivity index (χ2n) is 6.59. The molecule has 2 N–H and O–H groups in total. The van der Waals surface area contributed by atoms with Crippen molar-refractivity contribution in [1.82, 2.24) is 34.8 Å². The molecule has 0 spiro atoms. The lowest BCUT2D eigenvalue weighted by Gasteiger charge is -2.32. The van der Waals surface area contributed by atoms with Crippen LogP contribution in [0.1, 0.15) is 36.0 Å². The molecule has 0 radical (unpaired) electrons. The Kier molecular flexibility index (Phi) is 4.83. The first kappa shape index (κ1) is 16.6. The number of aromatic nitrogens is 6. The van der Waals surface area contributed by atoms with E-state index < -0.39 is 0 Å². The van der Waals surface area contributed by atoms with Gasteiger partial charge in [0.15, 0.2) is 0 Å². The normalized spacial score (nSPS) is 18.0. The number of piperidine rings is 1. The molecule has 1 unspecified atom stereocenters. The number of rotatable bonds is 5. The van der Waals surface area contributed by atoms with Crippen LogP contribution >= 0.6 is 0 Å². The molecule has 0 amide bonds. The first-order valence-electron chi connectivity index (χ1n) is 8.84. The van der Waals surface area contributed by atoms with Crippen LogP contribution < -0.4 is 5.32 Å². The van der Waals surface area contributed by atoms with Crippen LogP contribution in [0.5, 0.6) is 0 Å². The van der Waals surface area contributed by atoms with Crippen molar-refractivity contribution < 1.29 is 0 Å². The van der Waals surface area contributed by atoms with E-state index in [4.69, 9.17) is 4.98 Å². The minimum absolute atomic E-state index is 0.399. The van der Waals surface area contributed by atoms with Gasteiger partial charge in [0, 0.05) is 49.4 Å². The van der Waals surface area contributed by atoms with Gasteiger partial charge in [-0.1, -0.05) is 0 Å². The smallest absolute Gasteiger partial charge is 0.150 e. The van der Waals surface area contributed by atoms with Crippen molar-refractivity contribution in [2.75, 3.05) is 18.4 Å². The molecule has 0 aromatic carbocycles. The second kappa shape index (κ2) is 7.57. The number of nitrogens with zero attached hydrogens (tertiary/aromatic N) is 6. The number of aryl methyl sites for hydroxylation is 1. The average Bonchev–Trinajstić information content (AvgIpc) is 3.15. The number of anilines is 2. The maximum absolute atomic E-state index is 4.70. The Morgan fingerprint density at radius 1 is 1.19 bits per heavy atom. The molecule has 8 nitrogen and oxygen atoms in total. The van der Waals surface area contributed by atoms with Crippen molar-refractivity contribution in [3.05, 3.63) is 54.4 Å². The summed E-state index contributed by atoms with van der Waals surface area (Å²) in [6.07, 6.45) is 10.9. The number of nitrogens with one attached hydrogen (secondary N) is 2. The molecule has 0 aliphatic carbocycles. The molecule has 4 heterocycles. The predicted molar refractivity (Wildman–Crippen MR) is 97.9 cm³/mol. The molecular weight excluding hydrogens is 328 g/mol. The van der Waals surface area contributed by atoms with Crippen LogP contribution in [0.15, 0.2) is 37.2 Å². The van der Waals surface area contributed by atoms with Crippen LogP contribution in [0.4, 0.5) is 11.6 Å². The van der Waals surface area contributed by atoms with Gasteiger partial charge < -0.3 is 10.3 Å². The number of likely N-dealkylation sites (tertiary alicyclic amines) is 1. The first-order chi connectivity index (χ1) is 12.8. The van der Waals surface area contributed by atoms with Gasteiger partial charge in [0.1, 0.15) is 17.5 Å². The fourth-order valence-electron chi connectivity index (χ4n) is 3.41. The van der Waals surface area contributed by atoms with Gasteiger partial charge in [-0.2, -0.15) is 0 Å². The SMILES string of the molecule is Cc1nc(Nc2cnccn2)cc(C2CCCN(Cc3cnc[nH]3)C2)n1. The van der Waals surface area contributed by atoms with Gasteiger partial charge in [-0.05, 0) is 26.3 Å². The summed E-state index contributed by atoms with van der Waals surface area (Å²) in [5.74, 6) is 2.61. The largest absolute Gasteiger partial charge is 0.347 e. The Bertz CT molecular complexity index is 834. The van der Waals surface area contributed by atoms with Crippen LogP contribution in [0, 0.1) is 6.92 Å². The average molecular weight is 350 g/mol. The molecular formula is C18H22N8. The van der Waals surface area contributed by atoms with Crippen molar-refractivity contribution in [1.29, 1.82) is 0 Å². The van der Waals surface area contributed by atoms with Crippen molar-refractivity contribution >= 4 is 11.6 Å². The Morgan fingerprint density at radius 3 is 2.96 bits per heavy atom. The molecule has 1 aliphatic rings. The molecule has 0 saturated carbocycles. The second-order valence-corrected chi connectivity index (χ2v) is 6.59. The minimum Gasteiger partial charge on any atom is -0.347 e. The van der Waals surface area contributed by atoms with Crippen LogP contribution in [0.25, 0.3) is 0 Å². The summed E-state index contributed by atoms with van der Waals surface area (Å²) in [7, 11) is 0. The van der Waals surface area contributed by atoms with Gasteiger partial charge in [0.25, 0.3) is 0 Å². The molecule has 4 rings (SSSR count). The molecule has 3 aromatic heterocycles. The number of aromatic amines is 1. The maximum atomic E-state index is 4.70.